The van der Waals surface area contributed by atoms with Gasteiger partial charge in [-0.1, -0.05) is 0 Å². The predicted molar refractivity (Wildman–Crippen MR) is 50.1 cm³/mol. The van der Waals surface area contributed by atoms with Crippen LogP contribution in [0.5, 0.6) is 0 Å². The van der Waals surface area contributed by atoms with Crippen LogP contribution >= 0.6 is 0 Å². The van der Waals surface area contributed by atoms with E-state index in [1.54, 1.807) is 0 Å². The Morgan fingerprint density at radius 2 is 2.08 bits per heavy atom. The largest absolute Gasteiger partial charge is 0.304 e. The van der Waals surface area contributed by atoms with Crippen LogP contribution in [0.3, 0.4) is 0 Å². The van der Waals surface area contributed by atoms with Crippen molar-refractivity contribution < 1.29 is 0 Å². The Bertz CT molecular complexity index is 236. The third kappa shape index (κ3) is 2.29. The minimum Gasteiger partial charge on any atom is -0.304 e. The minimum absolute atomic E-state index is 0.900. The number of aromatic nitrogens is 2. The molecule has 1 aromatic heterocycles. The van der Waals surface area contributed by atoms with Crippen molar-refractivity contribution in [1.29, 1.82) is 0 Å². The number of piperazine rings is 1. The molecule has 0 bridgehead atoms. The third-order valence-corrected chi connectivity index (χ3v) is 2.45. The van der Waals surface area contributed by atoms with Gasteiger partial charge in [-0.15, -0.1) is 0 Å². The molecule has 4 heteroatoms. The summed E-state index contributed by atoms with van der Waals surface area (Å²) < 4.78 is 1.92. The Morgan fingerprint density at radius 3 is 2.69 bits per heavy atom. The molecule has 2 rings (SSSR count). The summed E-state index contributed by atoms with van der Waals surface area (Å²) in [5, 5.41) is 4.07. The molecule has 0 aliphatic carbocycles. The van der Waals surface area contributed by atoms with Crippen molar-refractivity contribution in [2.24, 2.45) is 0 Å². The van der Waals surface area contributed by atoms with E-state index in [9.17, 15) is 0 Å². The van der Waals surface area contributed by atoms with Gasteiger partial charge < -0.3 is 4.90 Å². The van der Waals surface area contributed by atoms with E-state index >= 15 is 0 Å². The van der Waals surface area contributed by atoms with Gasteiger partial charge >= 0.3 is 0 Å². The first kappa shape index (κ1) is 8.72. The highest BCUT2D eigenvalue weighted by atomic mass is 15.4. The molecule has 0 spiro atoms. The predicted octanol–water partition coefficient (Wildman–Crippen LogP) is -0.112. The van der Waals surface area contributed by atoms with E-state index in [0.717, 1.165) is 32.8 Å². The Balaban J connectivity index is 1.83. The Morgan fingerprint density at radius 1 is 1.31 bits per heavy atom. The van der Waals surface area contributed by atoms with Crippen LogP contribution in [0.25, 0.3) is 0 Å². The highest BCUT2D eigenvalue weighted by Gasteiger charge is 2.13. The monoisotopic (exact) mass is 179 g/mol. The summed E-state index contributed by atoms with van der Waals surface area (Å²) in [6.07, 6.45) is 4.76. The first-order valence-electron chi connectivity index (χ1n) is 4.65. The highest BCUT2D eigenvalue weighted by Crippen LogP contribution is 2.00. The lowest BCUT2D eigenvalue weighted by Crippen LogP contribution is -2.44. The van der Waals surface area contributed by atoms with Crippen molar-refractivity contribution in [1.82, 2.24) is 19.6 Å². The van der Waals surface area contributed by atoms with Gasteiger partial charge in [0.2, 0.25) is 0 Å². The Kier molecular flexibility index (Phi) is 2.61. The molecule has 1 aliphatic rings. The van der Waals surface area contributed by atoms with Crippen LogP contribution in [-0.2, 0) is 6.67 Å². The fourth-order valence-electron chi connectivity index (χ4n) is 1.53. The number of hydrogen-bond donors (Lipinski definition) is 0. The summed E-state index contributed by atoms with van der Waals surface area (Å²) in [4.78, 5) is 4.76. The zero-order chi connectivity index (χ0) is 9.10. The van der Waals surface area contributed by atoms with Crippen LogP contribution in [0.4, 0.5) is 0 Å². The lowest BCUT2D eigenvalue weighted by molar-refractivity contribution is 0.119. The van der Waals surface area contributed by atoms with Gasteiger partial charge in [-0.05, 0) is 13.1 Å². The molecule has 0 saturated carbocycles. The summed E-state index contributed by atoms with van der Waals surface area (Å²) in [5.41, 5.74) is 0. The molecule has 0 aromatic carbocycles. The third-order valence-electron chi connectivity index (χ3n) is 2.45. The lowest BCUT2D eigenvalue weighted by Gasteiger charge is -2.31. The van der Waals surface area contributed by atoms with E-state index in [2.05, 4.69) is 28.1 Å². The molecule has 1 saturated heterocycles. The molecule has 1 radical (unpaired) electrons. The van der Waals surface area contributed by atoms with E-state index in [1.165, 1.54) is 0 Å². The molecule has 2 heterocycles. The quantitative estimate of drug-likeness (QED) is 0.633. The Hall–Kier alpha value is -0.870. The SMILES string of the molecule is CN1CCN(Cn2cc[c]n2)CC1. The second kappa shape index (κ2) is 3.89. The van der Waals surface area contributed by atoms with Gasteiger partial charge in [-0.2, -0.15) is 5.10 Å². The van der Waals surface area contributed by atoms with Crippen molar-refractivity contribution in [3.63, 3.8) is 0 Å². The fraction of sp³-hybridized carbons (Fsp3) is 0.667. The van der Waals surface area contributed by atoms with Gasteiger partial charge in [-0.25, -0.2) is 0 Å². The second-order valence-electron chi connectivity index (χ2n) is 3.55. The molecule has 1 aliphatic heterocycles. The smallest absolute Gasteiger partial charge is 0.113 e. The molecule has 0 amide bonds. The Labute approximate surface area is 78.7 Å². The molecule has 0 atom stereocenters. The number of likely N-dealkylation sites (N-methyl/N-ethyl adjacent to an activating group) is 1. The summed E-state index contributed by atoms with van der Waals surface area (Å²) in [6.45, 7) is 5.49. The van der Waals surface area contributed by atoms with E-state index < -0.39 is 0 Å². The molecule has 4 nitrogen and oxygen atoms in total. The zero-order valence-corrected chi connectivity index (χ0v) is 7.98. The molecule has 71 valence electrons. The summed E-state index contributed by atoms with van der Waals surface area (Å²) in [6, 6.07) is 1.84. The van der Waals surface area contributed by atoms with Crippen molar-refractivity contribution in [3.05, 3.63) is 18.5 Å². The normalized spacial score (nSPS) is 20.7. The highest BCUT2D eigenvalue weighted by molar-refractivity contribution is 4.76. The van der Waals surface area contributed by atoms with Gasteiger partial charge in [0.05, 0.1) is 6.67 Å². The van der Waals surface area contributed by atoms with Crippen LogP contribution in [0, 0.1) is 6.20 Å². The number of rotatable bonds is 2. The first-order valence-corrected chi connectivity index (χ1v) is 4.65. The summed E-state index contributed by atoms with van der Waals surface area (Å²) >= 11 is 0. The number of hydrogen-bond acceptors (Lipinski definition) is 3. The van der Waals surface area contributed by atoms with Crippen molar-refractivity contribution in [3.8, 4) is 0 Å². The lowest BCUT2D eigenvalue weighted by atomic mass is 10.3. The van der Waals surface area contributed by atoms with E-state index in [1.807, 2.05) is 16.9 Å². The molecule has 13 heavy (non-hydrogen) atoms. The maximum absolute atomic E-state index is 4.07. The van der Waals surface area contributed by atoms with Crippen molar-refractivity contribution in [2.75, 3.05) is 33.2 Å². The molecule has 1 aromatic rings. The molecule has 1 fully saturated rings. The van der Waals surface area contributed by atoms with Crippen LogP contribution < -0.4 is 0 Å². The summed E-state index contributed by atoms with van der Waals surface area (Å²) in [5.74, 6) is 0. The van der Waals surface area contributed by atoms with E-state index in [-0.39, 0.29) is 0 Å². The van der Waals surface area contributed by atoms with Crippen LogP contribution in [0.1, 0.15) is 0 Å². The van der Waals surface area contributed by atoms with Crippen LogP contribution in [0.2, 0.25) is 0 Å². The zero-order valence-electron chi connectivity index (χ0n) is 7.98. The van der Waals surface area contributed by atoms with Crippen molar-refractivity contribution >= 4 is 0 Å². The molecule has 0 unspecified atom stereocenters. The van der Waals surface area contributed by atoms with Crippen LogP contribution in [-0.4, -0.2) is 52.8 Å². The molecular formula is C9H15N4. The maximum Gasteiger partial charge on any atom is 0.113 e. The van der Waals surface area contributed by atoms with E-state index in [0.29, 0.717) is 0 Å². The van der Waals surface area contributed by atoms with Gasteiger partial charge in [0.1, 0.15) is 6.20 Å². The maximum atomic E-state index is 4.07. The fourth-order valence-corrected chi connectivity index (χ4v) is 1.53. The first-order chi connectivity index (χ1) is 6.34. The second-order valence-corrected chi connectivity index (χ2v) is 3.55. The van der Waals surface area contributed by atoms with Crippen LogP contribution in [0.15, 0.2) is 12.3 Å². The van der Waals surface area contributed by atoms with Gasteiger partial charge in [0, 0.05) is 32.4 Å². The van der Waals surface area contributed by atoms with Gasteiger partial charge in [0.25, 0.3) is 0 Å². The average Bonchev–Trinajstić information content (AvgIpc) is 2.62. The number of nitrogens with zero attached hydrogens (tertiary/aromatic N) is 4. The van der Waals surface area contributed by atoms with Gasteiger partial charge in [-0.3, -0.25) is 9.58 Å². The van der Waals surface area contributed by atoms with E-state index in [4.69, 9.17) is 0 Å². The molecule has 0 N–H and O–H groups in total. The summed E-state index contributed by atoms with van der Waals surface area (Å²) in [7, 11) is 2.17. The molecular weight excluding hydrogens is 164 g/mol. The van der Waals surface area contributed by atoms with Crippen molar-refractivity contribution in [2.45, 2.75) is 6.67 Å². The minimum atomic E-state index is 0.900. The topological polar surface area (TPSA) is 24.3 Å². The standard InChI is InChI=1S/C9H15N4/c1-11-5-7-12(8-6-11)9-13-4-2-3-10-13/h2,4H,5-9H2,1H3. The average molecular weight is 179 g/mol. The van der Waals surface area contributed by atoms with Gasteiger partial charge in [0.15, 0.2) is 0 Å².